The molecule has 0 saturated heterocycles. The Labute approximate surface area is 277 Å². The predicted molar refractivity (Wildman–Crippen MR) is 183 cm³/mol. The van der Waals surface area contributed by atoms with Gasteiger partial charge in [-0.05, 0) is 79.1 Å². The average molecular weight is 671 g/mol. The minimum absolute atomic E-state index is 0.201. The zero-order chi connectivity index (χ0) is 34.3. The minimum atomic E-state index is -1.46. The summed E-state index contributed by atoms with van der Waals surface area (Å²) in [6.07, 6.45) is 1.73. The van der Waals surface area contributed by atoms with Crippen LogP contribution in [0, 0.1) is 18.6 Å². The maximum Gasteiger partial charge on any atom is 0.261 e. The van der Waals surface area contributed by atoms with Crippen LogP contribution < -0.4 is 15.2 Å². The standard InChI is InChI=1S/C36H32F2N4O5S/c1-20-40-29-14-9-23(17-27(29)36(45)42(20)30(15-16-43)21-5-10-24(37)11-6-21)26-18-28-32(19-31(26)41(3)48(4)46)47-34(33(28)35(44)39-2)22-7-12-25(38)13-8-22/h5-14,17-19,30,43H,15-16H2,1-4H3,(H,39,44)/t30-,48?/m1/s1. The van der Waals surface area contributed by atoms with Crippen molar-refractivity contribution in [1.82, 2.24) is 14.9 Å². The van der Waals surface area contributed by atoms with Crippen LogP contribution in [0.1, 0.15) is 34.2 Å². The number of benzene rings is 4. The first-order chi connectivity index (χ1) is 23.0. The molecule has 12 heteroatoms. The lowest BCUT2D eigenvalue weighted by Gasteiger charge is -2.23. The van der Waals surface area contributed by atoms with Crippen molar-refractivity contribution in [3.8, 4) is 22.5 Å². The first kappa shape index (κ1) is 32.7. The highest BCUT2D eigenvalue weighted by Gasteiger charge is 2.26. The molecule has 1 unspecified atom stereocenters. The molecule has 246 valence electrons. The third-order valence-corrected chi connectivity index (χ3v) is 9.42. The molecule has 9 nitrogen and oxygen atoms in total. The third-order valence-electron chi connectivity index (χ3n) is 8.45. The van der Waals surface area contributed by atoms with Gasteiger partial charge in [0.05, 0.1) is 28.2 Å². The zero-order valence-corrected chi connectivity index (χ0v) is 27.4. The number of hydrogen-bond acceptors (Lipinski definition) is 6. The molecule has 0 saturated carbocycles. The van der Waals surface area contributed by atoms with E-state index in [1.54, 1.807) is 60.7 Å². The summed E-state index contributed by atoms with van der Waals surface area (Å²) in [5, 5.41) is 13.3. The number of aliphatic hydroxyl groups excluding tert-OH is 1. The van der Waals surface area contributed by atoms with E-state index in [-0.39, 0.29) is 29.9 Å². The van der Waals surface area contributed by atoms with Gasteiger partial charge in [-0.25, -0.2) is 18.0 Å². The average Bonchev–Trinajstić information content (AvgIpc) is 3.45. The van der Waals surface area contributed by atoms with Crippen LogP contribution in [0.5, 0.6) is 0 Å². The van der Waals surface area contributed by atoms with Crippen LogP contribution in [0.15, 0.2) is 88.1 Å². The molecule has 0 aliphatic carbocycles. The first-order valence-corrected chi connectivity index (χ1v) is 16.6. The second kappa shape index (κ2) is 13.1. The van der Waals surface area contributed by atoms with Crippen molar-refractivity contribution >= 4 is 44.5 Å². The Morgan fingerprint density at radius 1 is 1.00 bits per heavy atom. The lowest BCUT2D eigenvalue weighted by Crippen LogP contribution is -2.29. The number of aromatic nitrogens is 2. The Hall–Kier alpha value is -5.20. The number of anilines is 1. The number of nitrogens with one attached hydrogen (secondary N) is 1. The Morgan fingerprint density at radius 3 is 2.27 bits per heavy atom. The molecular weight excluding hydrogens is 638 g/mol. The van der Waals surface area contributed by atoms with E-state index in [1.807, 2.05) is 0 Å². The number of carbonyl (C=O) groups is 1. The number of nitrogens with zero attached hydrogens (tertiary/aromatic N) is 3. The summed E-state index contributed by atoms with van der Waals surface area (Å²) < 4.78 is 49.6. The fraction of sp³-hybridized carbons (Fsp3) is 0.194. The Kier molecular flexibility index (Phi) is 8.95. The molecule has 0 bridgehead atoms. The topological polar surface area (TPSA) is 118 Å². The van der Waals surface area contributed by atoms with Gasteiger partial charge in [0.15, 0.2) is 0 Å². The fourth-order valence-corrected chi connectivity index (χ4v) is 6.44. The van der Waals surface area contributed by atoms with Crippen LogP contribution in [0.25, 0.3) is 44.3 Å². The number of halogens is 2. The number of aryl methyl sites for hydroxylation is 1. The Morgan fingerprint density at radius 2 is 1.65 bits per heavy atom. The van der Waals surface area contributed by atoms with E-state index in [0.717, 1.165) is 0 Å². The fourth-order valence-electron chi connectivity index (χ4n) is 6.01. The number of aliphatic hydroxyl groups is 1. The highest BCUT2D eigenvalue weighted by molar-refractivity contribution is 7.85. The molecule has 0 spiro atoms. The largest absolute Gasteiger partial charge is 0.455 e. The van der Waals surface area contributed by atoms with Crippen molar-refractivity contribution in [3.05, 3.63) is 118 Å². The normalized spacial score (nSPS) is 12.7. The lowest BCUT2D eigenvalue weighted by atomic mass is 9.97. The van der Waals surface area contributed by atoms with Gasteiger partial charge in [0.2, 0.25) is 0 Å². The maximum atomic E-state index is 14.2. The minimum Gasteiger partial charge on any atom is -0.455 e. The molecule has 2 aromatic heterocycles. The summed E-state index contributed by atoms with van der Waals surface area (Å²) in [5.74, 6) is -0.610. The smallest absolute Gasteiger partial charge is 0.261 e. The van der Waals surface area contributed by atoms with Gasteiger partial charge in [-0.15, -0.1) is 0 Å². The lowest BCUT2D eigenvalue weighted by molar-refractivity contribution is 0.0964. The van der Waals surface area contributed by atoms with Gasteiger partial charge in [-0.3, -0.25) is 18.5 Å². The number of carbonyl (C=O) groups excluding carboxylic acids is 1. The quantitative estimate of drug-likeness (QED) is 0.191. The van der Waals surface area contributed by atoms with E-state index < -0.39 is 34.6 Å². The maximum absolute atomic E-state index is 14.2. The van der Waals surface area contributed by atoms with Gasteiger partial charge in [0.1, 0.15) is 39.8 Å². The molecule has 0 radical (unpaired) electrons. The molecule has 6 aromatic rings. The van der Waals surface area contributed by atoms with Crippen molar-refractivity contribution < 1.29 is 27.3 Å². The van der Waals surface area contributed by atoms with E-state index in [2.05, 4.69) is 5.32 Å². The van der Waals surface area contributed by atoms with Crippen LogP contribution in [-0.2, 0) is 11.0 Å². The summed E-state index contributed by atoms with van der Waals surface area (Å²) in [6, 6.07) is 19.4. The van der Waals surface area contributed by atoms with Crippen LogP contribution in [0.2, 0.25) is 0 Å². The van der Waals surface area contributed by atoms with E-state index in [0.29, 0.717) is 55.6 Å². The zero-order valence-electron chi connectivity index (χ0n) is 26.6. The number of rotatable bonds is 9. The van der Waals surface area contributed by atoms with E-state index in [9.17, 15) is 27.7 Å². The number of furan rings is 1. The molecule has 2 N–H and O–H groups in total. The highest BCUT2D eigenvalue weighted by Crippen LogP contribution is 2.41. The molecule has 2 heterocycles. The van der Waals surface area contributed by atoms with Gasteiger partial charge < -0.3 is 14.8 Å². The molecule has 0 aliphatic heterocycles. The second-order valence-electron chi connectivity index (χ2n) is 11.3. The molecule has 2 atom stereocenters. The summed E-state index contributed by atoms with van der Waals surface area (Å²) >= 11 is 0. The van der Waals surface area contributed by atoms with Gasteiger partial charge in [-0.1, -0.05) is 18.2 Å². The molecule has 48 heavy (non-hydrogen) atoms. The molecule has 0 fully saturated rings. The molecule has 4 aromatic carbocycles. The van der Waals surface area contributed by atoms with Crippen molar-refractivity contribution in [2.24, 2.45) is 0 Å². The second-order valence-corrected chi connectivity index (χ2v) is 12.7. The third kappa shape index (κ3) is 5.88. The van der Waals surface area contributed by atoms with E-state index in [1.165, 1.54) is 54.3 Å². The van der Waals surface area contributed by atoms with Crippen LogP contribution in [-0.4, -0.2) is 51.7 Å². The first-order valence-electron chi connectivity index (χ1n) is 15.1. The molecule has 6 rings (SSSR count). The molecule has 0 aliphatic rings. The van der Waals surface area contributed by atoms with Crippen LogP contribution >= 0.6 is 0 Å². The van der Waals surface area contributed by atoms with E-state index in [4.69, 9.17) is 9.40 Å². The van der Waals surface area contributed by atoms with Crippen molar-refractivity contribution in [3.63, 3.8) is 0 Å². The van der Waals surface area contributed by atoms with Gasteiger partial charge in [0.25, 0.3) is 11.5 Å². The highest BCUT2D eigenvalue weighted by atomic mass is 32.2. The van der Waals surface area contributed by atoms with Gasteiger partial charge in [0, 0.05) is 49.5 Å². The number of hydrogen-bond donors (Lipinski definition) is 2. The Bertz CT molecular complexity index is 2270. The molecular formula is C36H32F2N4O5S. The summed E-state index contributed by atoms with van der Waals surface area (Å²) in [6.45, 7) is 1.49. The SMILES string of the molecule is CNC(=O)c1c(-c2ccc(F)cc2)oc2cc(N(C)S(C)=O)c(-c3ccc4nc(C)n([C@H](CCO)c5ccc(F)cc5)c(=O)c4c3)cc12. The monoisotopic (exact) mass is 670 g/mol. The predicted octanol–water partition coefficient (Wildman–Crippen LogP) is 6.12. The van der Waals surface area contributed by atoms with Crippen LogP contribution in [0.4, 0.5) is 14.5 Å². The molecule has 1 amide bonds. The summed E-state index contributed by atoms with van der Waals surface area (Å²) in [7, 11) is 1.69. The van der Waals surface area contributed by atoms with Gasteiger partial charge in [-0.2, -0.15) is 0 Å². The Balaban J connectivity index is 1.60. The van der Waals surface area contributed by atoms with E-state index >= 15 is 0 Å². The van der Waals surface area contributed by atoms with Crippen LogP contribution in [0.3, 0.4) is 0 Å². The van der Waals surface area contributed by atoms with Crippen molar-refractivity contribution in [2.75, 3.05) is 31.3 Å². The summed E-state index contributed by atoms with van der Waals surface area (Å²) in [5.41, 5.74) is 3.46. The summed E-state index contributed by atoms with van der Waals surface area (Å²) in [4.78, 5) is 32.2. The van der Waals surface area contributed by atoms with Crippen molar-refractivity contribution in [2.45, 2.75) is 19.4 Å². The number of amides is 1. The van der Waals surface area contributed by atoms with Crippen molar-refractivity contribution in [1.29, 1.82) is 0 Å². The van der Waals surface area contributed by atoms with Gasteiger partial charge >= 0.3 is 0 Å². The number of fused-ring (bicyclic) bond motifs is 2.